The second-order valence-corrected chi connectivity index (χ2v) is 7.34. The first kappa shape index (κ1) is 19.1. The number of carboxylic acids is 1. The summed E-state index contributed by atoms with van der Waals surface area (Å²) in [4.78, 5) is 31.0. The zero-order valence-corrected chi connectivity index (χ0v) is 16.4. The van der Waals surface area contributed by atoms with Gasteiger partial charge in [0.2, 0.25) is 0 Å². The monoisotopic (exact) mass is 390 g/mol. The first-order chi connectivity index (χ1) is 13.9. The van der Waals surface area contributed by atoms with Crippen molar-refractivity contribution in [2.45, 2.75) is 20.0 Å². The number of aryl methyl sites for hydroxylation is 2. The van der Waals surface area contributed by atoms with Gasteiger partial charge in [-0.1, -0.05) is 42.0 Å². The summed E-state index contributed by atoms with van der Waals surface area (Å²) in [5.74, 6) is -1.26. The molecule has 1 aliphatic rings. The minimum absolute atomic E-state index is 0.0315. The third kappa shape index (κ3) is 3.71. The van der Waals surface area contributed by atoms with E-state index in [1.54, 1.807) is 4.90 Å². The fourth-order valence-corrected chi connectivity index (χ4v) is 3.74. The van der Waals surface area contributed by atoms with Crippen LogP contribution in [0.3, 0.4) is 0 Å². The number of carbonyl (C=O) groups excluding carboxylic acids is 1. The van der Waals surface area contributed by atoms with Crippen LogP contribution in [-0.4, -0.2) is 52.7 Å². The van der Waals surface area contributed by atoms with Gasteiger partial charge in [-0.25, -0.2) is 9.78 Å². The summed E-state index contributed by atoms with van der Waals surface area (Å²) in [7, 11) is 0. The first-order valence-electron chi connectivity index (χ1n) is 9.55. The van der Waals surface area contributed by atoms with Crippen LogP contribution in [0.2, 0.25) is 0 Å². The van der Waals surface area contributed by atoms with Gasteiger partial charge in [0.15, 0.2) is 6.10 Å². The number of ether oxygens (including phenoxy) is 1. The van der Waals surface area contributed by atoms with E-state index >= 15 is 0 Å². The Morgan fingerprint density at radius 1 is 1.14 bits per heavy atom. The van der Waals surface area contributed by atoms with Crippen molar-refractivity contribution in [3.05, 3.63) is 65.2 Å². The molecule has 0 saturated carbocycles. The molecule has 1 N–H and O–H groups in total. The molecular weight excluding hydrogens is 368 g/mol. The standard InChI is InChI=1S/C23H22N2O4/c1-14-7-8-16(15(2)11-14)20-12-18(17-5-3-4-6-19(17)24-20)22(26)25-9-10-29-21(13-25)23(27)28/h3-8,11-12,21H,9-10,13H2,1-2H3,(H,27,28). The van der Waals surface area contributed by atoms with Gasteiger partial charge in [0.05, 0.1) is 29.9 Å². The van der Waals surface area contributed by atoms with Crippen molar-refractivity contribution in [1.29, 1.82) is 0 Å². The van der Waals surface area contributed by atoms with E-state index < -0.39 is 12.1 Å². The molecule has 1 atom stereocenters. The molecule has 1 aliphatic heterocycles. The summed E-state index contributed by atoms with van der Waals surface area (Å²) in [5, 5.41) is 10.0. The van der Waals surface area contributed by atoms with Crippen molar-refractivity contribution >= 4 is 22.8 Å². The number of hydrogen-bond acceptors (Lipinski definition) is 4. The number of morpholine rings is 1. The van der Waals surface area contributed by atoms with Gasteiger partial charge in [0, 0.05) is 17.5 Å². The van der Waals surface area contributed by atoms with Gasteiger partial charge in [0.25, 0.3) is 5.91 Å². The maximum atomic E-state index is 13.4. The van der Waals surface area contributed by atoms with Gasteiger partial charge in [-0.05, 0) is 31.5 Å². The Kier molecular flexibility index (Phi) is 5.03. The highest BCUT2D eigenvalue weighted by Gasteiger charge is 2.30. The van der Waals surface area contributed by atoms with Crippen LogP contribution < -0.4 is 0 Å². The van der Waals surface area contributed by atoms with Crippen LogP contribution in [0.5, 0.6) is 0 Å². The zero-order valence-electron chi connectivity index (χ0n) is 16.4. The number of aliphatic carboxylic acids is 1. The van der Waals surface area contributed by atoms with Crippen LogP contribution in [0, 0.1) is 13.8 Å². The van der Waals surface area contributed by atoms with Crippen molar-refractivity contribution in [3.63, 3.8) is 0 Å². The molecule has 6 heteroatoms. The molecule has 0 aliphatic carbocycles. The molecule has 2 aromatic carbocycles. The maximum Gasteiger partial charge on any atom is 0.334 e. The number of carbonyl (C=O) groups is 2. The minimum atomic E-state index is -1.06. The minimum Gasteiger partial charge on any atom is -0.479 e. The van der Waals surface area contributed by atoms with Crippen molar-refractivity contribution < 1.29 is 19.4 Å². The predicted octanol–water partition coefficient (Wildman–Crippen LogP) is 3.44. The van der Waals surface area contributed by atoms with Crippen molar-refractivity contribution in [2.75, 3.05) is 19.7 Å². The maximum absolute atomic E-state index is 13.4. The van der Waals surface area contributed by atoms with E-state index in [0.717, 1.165) is 33.3 Å². The summed E-state index contributed by atoms with van der Waals surface area (Å²) >= 11 is 0. The third-order valence-electron chi connectivity index (χ3n) is 5.23. The number of hydrogen-bond donors (Lipinski definition) is 1. The van der Waals surface area contributed by atoms with Crippen LogP contribution in [0.25, 0.3) is 22.2 Å². The molecule has 4 rings (SSSR count). The molecule has 1 saturated heterocycles. The Morgan fingerprint density at radius 3 is 2.69 bits per heavy atom. The van der Waals surface area contributed by atoms with E-state index in [4.69, 9.17) is 9.72 Å². The smallest absolute Gasteiger partial charge is 0.334 e. The fraction of sp³-hybridized carbons (Fsp3) is 0.261. The highest BCUT2D eigenvalue weighted by molar-refractivity contribution is 6.07. The number of nitrogens with zero attached hydrogens (tertiary/aromatic N) is 2. The van der Waals surface area contributed by atoms with Gasteiger partial charge in [-0.15, -0.1) is 0 Å². The van der Waals surface area contributed by atoms with Gasteiger partial charge >= 0.3 is 5.97 Å². The molecule has 1 fully saturated rings. The molecule has 148 valence electrons. The molecule has 1 unspecified atom stereocenters. The van der Waals surface area contributed by atoms with Crippen molar-refractivity contribution in [3.8, 4) is 11.3 Å². The van der Waals surface area contributed by atoms with Gasteiger partial charge in [-0.2, -0.15) is 0 Å². The number of benzene rings is 2. The Hall–Kier alpha value is -3.25. The molecule has 1 amide bonds. The molecule has 6 nitrogen and oxygen atoms in total. The lowest BCUT2D eigenvalue weighted by molar-refractivity contribution is -0.154. The Morgan fingerprint density at radius 2 is 1.93 bits per heavy atom. The van der Waals surface area contributed by atoms with E-state index in [9.17, 15) is 14.7 Å². The van der Waals surface area contributed by atoms with E-state index in [-0.39, 0.29) is 19.1 Å². The quantitative estimate of drug-likeness (QED) is 0.741. The molecule has 0 bridgehead atoms. The van der Waals surface area contributed by atoms with Crippen LogP contribution >= 0.6 is 0 Å². The summed E-state index contributed by atoms with van der Waals surface area (Å²) in [6, 6.07) is 15.5. The second kappa shape index (κ2) is 7.64. The molecule has 3 aromatic rings. The van der Waals surface area contributed by atoms with E-state index in [1.807, 2.05) is 56.3 Å². The van der Waals surface area contributed by atoms with Crippen molar-refractivity contribution in [2.24, 2.45) is 0 Å². The number of carboxylic acid groups (broad SMARTS) is 1. The van der Waals surface area contributed by atoms with Gasteiger partial charge < -0.3 is 14.7 Å². The zero-order chi connectivity index (χ0) is 20.5. The summed E-state index contributed by atoms with van der Waals surface area (Å²) < 4.78 is 5.26. The topological polar surface area (TPSA) is 79.7 Å². The summed E-state index contributed by atoms with van der Waals surface area (Å²) in [6.07, 6.45) is -1.00. The highest BCUT2D eigenvalue weighted by atomic mass is 16.5. The van der Waals surface area contributed by atoms with Crippen LogP contribution in [-0.2, 0) is 9.53 Å². The number of para-hydroxylation sites is 1. The largest absolute Gasteiger partial charge is 0.479 e. The van der Waals surface area contributed by atoms with Gasteiger partial charge in [-0.3, -0.25) is 4.79 Å². The number of fused-ring (bicyclic) bond motifs is 1. The second-order valence-electron chi connectivity index (χ2n) is 7.34. The number of rotatable bonds is 3. The summed E-state index contributed by atoms with van der Waals surface area (Å²) in [6.45, 7) is 4.66. The first-order valence-corrected chi connectivity index (χ1v) is 9.55. The normalized spacial score (nSPS) is 16.8. The molecule has 2 heterocycles. The van der Waals surface area contributed by atoms with Crippen LogP contribution in [0.15, 0.2) is 48.5 Å². The predicted molar refractivity (Wildman–Crippen MR) is 110 cm³/mol. The lowest BCUT2D eigenvalue weighted by Gasteiger charge is -2.31. The van der Waals surface area contributed by atoms with E-state index in [1.165, 1.54) is 0 Å². The Balaban J connectivity index is 1.81. The molecule has 29 heavy (non-hydrogen) atoms. The molecule has 0 radical (unpaired) electrons. The number of pyridine rings is 1. The van der Waals surface area contributed by atoms with Crippen LogP contribution in [0.1, 0.15) is 21.5 Å². The average molecular weight is 390 g/mol. The van der Waals surface area contributed by atoms with Crippen LogP contribution in [0.4, 0.5) is 0 Å². The van der Waals surface area contributed by atoms with E-state index in [2.05, 4.69) is 6.07 Å². The van der Waals surface area contributed by atoms with Crippen molar-refractivity contribution in [1.82, 2.24) is 9.88 Å². The lowest BCUT2D eigenvalue weighted by Crippen LogP contribution is -2.48. The highest BCUT2D eigenvalue weighted by Crippen LogP contribution is 2.28. The Labute approximate surface area is 168 Å². The lowest BCUT2D eigenvalue weighted by atomic mass is 9.99. The number of aromatic nitrogens is 1. The van der Waals surface area contributed by atoms with E-state index in [0.29, 0.717) is 12.1 Å². The van der Waals surface area contributed by atoms with Gasteiger partial charge in [0.1, 0.15) is 0 Å². The Bertz CT molecular complexity index is 1110. The molecular formula is C23H22N2O4. The number of amides is 1. The average Bonchev–Trinajstić information content (AvgIpc) is 2.72. The molecule has 1 aromatic heterocycles. The SMILES string of the molecule is Cc1ccc(-c2cc(C(=O)N3CCOC(C(=O)O)C3)c3ccccc3n2)c(C)c1. The molecule has 0 spiro atoms. The fourth-order valence-electron chi connectivity index (χ4n) is 3.74. The summed E-state index contributed by atoms with van der Waals surface area (Å²) in [5.41, 5.74) is 5.21. The third-order valence-corrected chi connectivity index (χ3v) is 5.23.